The van der Waals surface area contributed by atoms with E-state index < -0.39 is 0 Å². The number of aliphatic hydroxyl groups excluding tert-OH is 1. The highest BCUT2D eigenvalue weighted by molar-refractivity contribution is 4.92. The average Bonchev–Trinajstić information content (AvgIpc) is 2.16. The van der Waals surface area contributed by atoms with Crippen LogP contribution in [-0.4, -0.2) is 49.0 Å². The van der Waals surface area contributed by atoms with Gasteiger partial charge in [-0.15, -0.1) is 0 Å². The van der Waals surface area contributed by atoms with Gasteiger partial charge in [0.25, 0.3) is 0 Å². The first-order valence-corrected chi connectivity index (χ1v) is 5.31. The number of nitrogens with zero attached hydrogens (tertiary/aromatic N) is 1. The summed E-state index contributed by atoms with van der Waals surface area (Å²) < 4.78 is 5.49. The van der Waals surface area contributed by atoms with E-state index in [4.69, 9.17) is 9.84 Å². The van der Waals surface area contributed by atoms with Gasteiger partial charge in [0.15, 0.2) is 0 Å². The lowest BCUT2D eigenvalue weighted by Gasteiger charge is -2.31. The number of hydrogen-bond donors (Lipinski definition) is 1. The van der Waals surface area contributed by atoms with Crippen molar-refractivity contribution in [1.82, 2.24) is 4.90 Å². The summed E-state index contributed by atoms with van der Waals surface area (Å²) in [6.45, 7) is 9.76. The maximum Gasteiger partial charge on any atom is 0.0701 e. The van der Waals surface area contributed by atoms with Gasteiger partial charge >= 0.3 is 0 Å². The number of ether oxygens (including phenoxy) is 1. The number of rotatable bonds is 5. The van der Waals surface area contributed by atoms with E-state index in [1.54, 1.807) is 0 Å². The van der Waals surface area contributed by atoms with Crippen molar-refractivity contribution in [2.75, 3.05) is 32.8 Å². The van der Waals surface area contributed by atoms with Gasteiger partial charge < -0.3 is 9.84 Å². The van der Waals surface area contributed by atoms with Crippen molar-refractivity contribution in [3.05, 3.63) is 12.2 Å². The first-order valence-electron chi connectivity index (χ1n) is 5.31. The van der Waals surface area contributed by atoms with Crippen molar-refractivity contribution in [3.8, 4) is 0 Å². The molecule has 1 saturated heterocycles. The molecule has 0 aromatic heterocycles. The minimum absolute atomic E-state index is 0.131. The van der Waals surface area contributed by atoms with Crippen LogP contribution in [0.25, 0.3) is 0 Å². The summed E-state index contributed by atoms with van der Waals surface area (Å²) in [7, 11) is 0. The van der Waals surface area contributed by atoms with Gasteiger partial charge in [-0.05, 0) is 19.8 Å². The van der Waals surface area contributed by atoms with Crippen molar-refractivity contribution in [2.45, 2.75) is 25.9 Å². The molecular formula is C11H21NO2. The van der Waals surface area contributed by atoms with Gasteiger partial charge in [-0.1, -0.05) is 12.2 Å². The third kappa shape index (κ3) is 4.22. The monoisotopic (exact) mass is 199 g/mol. The molecule has 1 heterocycles. The second-order valence-corrected chi connectivity index (χ2v) is 4.03. The molecule has 0 spiro atoms. The van der Waals surface area contributed by atoms with Gasteiger partial charge in [0, 0.05) is 19.6 Å². The van der Waals surface area contributed by atoms with Gasteiger partial charge in [0.1, 0.15) is 0 Å². The van der Waals surface area contributed by atoms with Gasteiger partial charge in [0.05, 0.1) is 19.3 Å². The zero-order valence-electron chi connectivity index (χ0n) is 9.04. The van der Waals surface area contributed by atoms with E-state index >= 15 is 0 Å². The minimum atomic E-state index is 0.131. The van der Waals surface area contributed by atoms with E-state index in [1.165, 1.54) is 5.57 Å². The third-order valence-electron chi connectivity index (χ3n) is 2.47. The predicted molar refractivity (Wildman–Crippen MR) is 57.3 cm³/mol. The Morgan fingerprint density at radius 1 is 1.50 bits per heavy atom. The molecule has 0 bridgehead atoms. The molecule has 0 unspecified atom stereocenters. The molecule has 0 saturated carbocycles. The van der Waals surface area contributed by atoms with E-state index in [-0.39, 0.29) is 6.61 Å². The normalized spacial score (nSPS) is 19.9. The lowest BCUT2D eigenvalue weighted by molar-refractivity contribution is -0.00625. The largest absolute Gasteiger partial charge is 0.394 e. The van der Waals surface area contributed by atoms with Gasteiger partial charge in [-0.2, -0.15) is 0 Å². The topological polar surface area (TPSA) is 32.7 Å². The smallest absolute Gasteiger partial charge is 0.0701 e. The Labute approximate surface area is 86.4 Å². The quantitative estimate of drug-likeness (QED) is 0.671. The second-order valence-electron chi connectivity index (χ2n) is 4.03. The fraction of sp³-hybridized carbons (Fsp3) is 0.818. The van der Waals surface area contributed by atoms with E-state index in [1.807, 2.05) is 0 Å². The number of likely N-dealkylation sites (tertiary alicyclic amines) is 1. The number of piperidine rings is 1. The summed E-state index contributed by atoms with van der Waals surface area (Å²) in [6.07, 6.45) is 2.50. The van der Waals surface area contributed by atoms with Crippen LogP contribution in [0.5, 0.6) is 0 Å². The van der Waals surface area contributed by atoms with Crippen LogP contribution in [0, 0.1) is 0 Å². The van der Waals surface area contributed by atoms with Crippen LogP contribution in [0.1, 0.15) is 19.8 Å². The molecule has 1 fully saturated rings. The number of aliphatic hydroxyl groups is 1. The van der Waals surface area contributed by atoms with Gasteiger partial charge in [-0.3, -0.25) is 4.90 Å². The average molecular weight is 199 g/mol. The van der Waals surface area contributed by atoms with Crippen molar-refractivity contribution < 1.29 is 9.84 Å². The summed E-state index contributed by atoms with van der Waals surface area (Å²) in [4.78, 5) is 2.40. The van der Waals surface area contributed by atoms with Crippen molar-refractivity contribution in [2.24, 2.45) is 0 Å². The molecule has 0 amide bonds. The Balaban J connectivity index is 2.14. The Bertz CT molecular complexity index is 174. The van der Waals surface area contributed by atoms with Crippen LogP contribution < -0.4 is 0 Å². The van der Waals surface area contributed by atoms with Crippen LogP contribution in [0.4, 0.5) is 0 Å². The molecular weight excluding hydrogens is 178 g/mol. The van der Waals surface area contributed by atoms with Crippen LogP contribution in [0.3, 0.4) is 0 Å². The summed E-state index contributed by atoms with van der Waals surface area (Å²) in [5.74, 6) is 0. The maximum absolute atomic E-state index is 8.62. The highest BCUT2D eigenvalue weighted by Gasteiger charge is 2.18. The zero-order chi connectivity index (χ0) is 10.4. The van der Waals surface area contributed by atoms with Crippen LogP contribution in [-0.2, 0) is 4.74 Å². The van der Waals surface area contributed by atoms with Crippen LogP contribution in [0.2, 0.25) is 0 Å². The van der Waals surface area contributed by atoms with Crippen LogP contribution >= 0.6 is 0 Å². The lowest BCUT2D eigenvalue weighted by Crippen LogP contribution is -2.38. The molecule has 1 rings (SSSR count). The molecule has 0 aromatic carbocycles. The zero-order valence-corrected chi connectivity index (χ0v) is 9.04. The number of hydrogen-bond acceptors (Lipinski definition) is 3. The van der Waals surface area contributed by atoms with Gasteiger partial charge in [0.2, 0.25) is 0 Å². The highest BCUT2D eigenvalue weighted by Crippen LogP contribution is 2.14. The first kappa shape index (κ1) is 11.7. The molecule has 3 nitrogen and oxygen atoms in total. The molecule has 0 aromatic rings. The molecule has 1 aliphatic heterocycles. The first-order chi connectivity index (χ1) is 6.72. The predicted octanol–water partition coefficient (Wildman–Crippen LogP) is 1.04. The molecule has 0 radical (unpaired) electrons. The second kappa shape index (κ2) is 6.17. The van der Waals surface area contributed by atoms with Crippen molar-refractivity contribution in [1.29, 1.82) is 0 Å². The summed E-state index contributed by atoms with van der Waals surface area (Å²) in [5.41, 5.74) is 1.22. The Kier molecular flexibility index (Phi) is 5.15. The maximum atomic E-state index is 8.62. The Morgan fingerprint density at radius 3 is 2.64 bits per heavy atom. The molecule has 1 N–H and O–H groups in total. The molecule has 0 atom stereocenters. The Morgan fingerprint density at radius 2 is 2.14 bits per heavy atom. The van der Waals surface area contributed by atoms with Gasteiger partial charge in [-0.25, -0.2) is 0 Å². The summed E-state index contributed by atoms with van der Waals surface area (Å²) in [5, 5.41) is 8.62. The molecule has 1 aliphatic rings. The molecule has 82 valence electrons. The molecule has 14 heavy (non-hydrogen) atoms. The summed E-state index contributed by atoms with van der Waals surface area (Å²) >= 11 is 0. The van der Waals surface area contributed by atoms with Crippen molar-refractivity contribution >= 4 is 0 Å². The fourth-order valence-electron chi connectivity index (χ4n) is 1.84. The lowest BCUT2D eigenvalue weighted by atomic mass is 10.1. The van der Waals surface area contributed by atoms with Crippen molar-refractivity contribution in [3.63, 3.8) is 0 Å². The standard InChI is InChI=1S/C11H21NO2/c1-10(2)9-12-5-3-11(4-6-12)14-8-7-13/h11,13H,1,3-9H2,2H3. The highest BCUT2D eigenvalue weighted by atomic mass is 16.5. The SMILES string of the molecule is C=C(C)CN1CCC(OCCO)CC1. The van der Waals surface area contributed by atoms with E-state index in [9.17, 15) is 0 Å². The minimum Gasteiger partial charge on any atom is -0.394 e. The summed E-state index contributed by atoms with van der Waals surface area (Å²) in [6, 6.07) is 0. The van der Waals surface area contributed by atoms with E-state index in [0.717, 1.165) is 32.5 Å². The Hall–Kier alpha value is -0.380. The van der Waals surface area contributed by atoms with E-state index in [0.29, 0.717) is 12.7 Å². The third-order valence-corrected chi connectivity index (χ3v) is 2.47. The molecule has 3 heteroatoms. The molecule has 0 aliphatic carbocycles. The van der Waals surface area contributed by atoms with Crippen LogP contribution in [0.15, 0.2) is 12.2 Å². The fourth-order valence-corrected chi connectivity index (χ4v) is 1.84. The van der Waals surface area contributed by atoms with E-state index in [2.05, 4.69) is 18.4 Å².